The fourth-order valence-corrected chi connectivity index (χ4v) is 3.33. The molecule has 7 heteroatoms. The van der Waals surface area contributed by atoms with Crippen LogP contribution in [-0.4, -0.2) is 28.0 Å². The van der Waals surface area contributed by atoms with Crippen molar-refractivity contribution < 1.29 is 0 Å². The van der Waals surface area contributed by atoms with Crippen molar-refractivity contribution in [3.8, 4) is 0 Å². The smallest absolute Gasteiger partial charge is 0.231 e. The Kier molecular flexibility index (Phi) is 4.55. The van der Waals surface area contributed by atoms with E-state index >= 15 is 0 Å². The van der Waals surface area contributed by atoms with Crippen molar-refractivity contribution in [2.24, 2.45) is 0 Å². The van der Waals surface area contributed by atoms with Crippen LogP contribution in [0.5, 0.6) is 0 Å². The maximum Gasteiger partial charge on any atom is 0.231 e. The Morgan fingerprint density at radius 1 is 1.24 bits per heavy atom. The van der Waals surface area contributed by atoms with Crippen molar-refractivity contribution in [3.63, 3.8) is 0 Å². The van der Waals surface area contributed by atoms with Crippen LogP contribution >= 0.6 is 22.9 Å². The van der Waals surface area contributed by atoms with Gasteiger partial charge in [-0.3, -0.25) is 0 Å². The summed E-state index contributed by atoms with van der Waals surface area (Å²) in [5, 5.41) is 5.61. The van der Waals surface area contributed by atoms with Crippen molar-refractivity contribution in [1.29, 1.82) is 0 Å². The molecule has 5 nitrogen and oxygen atoms in total. The average Bonchev–Trinajstić information content (AvgIpc) is 3.02. The molecule has 1 saturated heterocycles. The van der Waals surface area contributed by atoms with E-state index in [-0.39, 0.29) is 11.3 Å². The third-order valence-corrected chi connectivity index (χ3v) is 4.77. The van der Waals surface area contributed by atoms with Crippen LogP contribution in [-0.2, 0) is 0 Å². The molecule has 3 rings (SSSR count). The molecule has 2 aromatic heterocycles. The van der Waals surface area contributed by atoms with Crippen LogP contribution in [0.25, 0.3) is 0 Å². The Bertz CT molecular complexity index is 583. The molecule has 1 fully saturated rings. The van der Waals surface area contributed by atoms with Crippen LogP contribution in [0.15, 0.2) is 17.5 Å². The van der Waals surface area contributed by atoms with Gasteiger partial charge in [-0.15, -0.1) is 11.3 Å². The Labute approximate surface area is 133 Å². The highest BCUT2D eigenvalue weighted by molar-refractivity contribution is 7.10. The fourth-order valence-electron chi connectivity index (χ4n) is 2.44. The average molecular weight is 324 g/mol. The third kappa shape index (κ3) is 3.63. The molecule has 21 heavy (non-hydrogen) atoms. The van der Waals surface area contributed by atoms with E-state index in [1.807, 2.05) is 6.07 Å². The van der Waals surface area contributed by atoms with Crippen molar-refractivity contribution in [1.82, 2.24) is 15.0 Å². The molecule has 1 aliphatic rings. The predicted molar refractivity (Wildman–Crippen MR) is 87.3 cm³/mol. The van der Waals surface area contributed by atoms with Crippen LogP contribution in [0.4, 0.5) is 11.9 Å². The summed E-state index contributed by atoms with van der Waals surface area (Å²) in [5.41, 5.74) is 0. The standard InChI is InChI=1S/C14H18ClN5S/c1-10(11-6-5-9-21-11)16-13-17-12(15)18-14(19-13)20-7-3-2-4-8-20/h5-6,9-10H,2-4,7-8H2,1H3,(H,16,17,18,19). The summed E-state index contributed by atoms with van der Waals surface area (Å²) in [6.45, 7) is 4.06. The van der Waals surface area contributed by atoms with Gasteiger partial charge in [-0.05, 0) is 49.2 Å². The second kappa shape index (κ2) is 6.58. The first-order valence-electron chi connectivity index (χ1n) is 7.19. The molecule has 1 unspecified atom stereocenters. The van der Waals surface area contributed by atoms with Gasteiger partial charge in [0.15, 0.2) is 0 Å². The van der Waals surface area contributed by atoms with Crippen molar-refractivity contribution in [2.75, 3.05) is 23.3 Å². The van der Waals surface area contributed by atoms with Crippen LogP contribution in [0.3, 0.4) is 0 Å². The van der Waals surface area contributed by atoms with Gasteiger partial charge in [0.1, 0.15) is 0 Å². The lowest BCUT2D eigenvalue weighted by molar-refractivity contribution is 0.567. The van der Waals surface area contributed by atoms with E-state index in [9.17, 15) is 0 Å². The largest absolute Gasteiger partial charge is 0.347 e. The van der Waals surface area contributed by atoms with Gasteiger partial charge in [-0.25, -0.2) is 0 Å². The summed E-state index contributed by atoms with van der Waals surface area (Å²) >= 11 is 7.76. The summed E-state index contributed by atoms with van der Waals surface area (Å²) in [4.78, 5) is 16.4. The van der Waals surface area contributed by atoms with E-state index < -0.39 is 0 Å². The molecule has 2 aromatic rings. The quantitative estimate of drug-likeness (QED) is 0.928. The first-order chi connectivity index (χ1) is 10.2. The number of piperidine rings is 1. The molecule has 1 atom stereocenters. The van der Waals surface area contributed by atoms with Gasteiger partial charge in [-0.1, -0.05) is 6.07 Å². The molecule has 112 valence electrons. The third-order valence-electron chi connectivity index (χ3n) is 3.55. The minimum atomic E-state index is 0.151. The summed E-state index contributed by atoms with van der Waals surface area (Å²) < 4.78 is 0. The lowest BCUT2D eigenvalue weighted by Gasteiger charge is -2.26. The van der Waals surface area contributed by atoms with Gasteiger partial charge < -0.3 is 10.2 Å². The number of thiophene rings is 1. The molecular weight excluding hydrogens is 306 g/mol. The molecule has 1 aliphatic heterocycles. The van der Waals surface area contributed by atoms with Crippen LogP contribution < -0.4 is 10.2 Å². The van der Waals surface area contributed by atoms with E-state index in [0.717, 1.165) is 13.1 Å². The number of hydrogen-bond acceptors (Lipinski definition) is 6. The van der Waals surface area contributed by atoms with Crippen molar-refractivity contribution in [2.45, 2.75) is 32.2 Å². The first kappa shape index (κ1) is 14.5. The Hall–Kier alpha value is -1.40. The number of nitrogens with zero attached hydrogens (tertiary/aromatic N) is 4. The Morgan fingerprint density at radius 3 is 2.76 bits per heavy atom. The summed E-state index contributed by atoms with van der Waals surface area (Å²) in [7, 11) is 0. The minimum absolute atomic E-state index is 0.151. The van der Waals surface area contributed by atoms with Gasteiger partial charge in [0, 0.05) is 18.0 Å². The van der Waals surface area contributed by atoms with Gasteiger partial charge >= 0.3 is 0 Å². The summed E-state index contributed by atoms with van der Waals surface area (Å²) in [5.74, 6) is 1.21. The number of anilines is 2. The van der Waals surface area contributed by atoms with Crippen molar-refractivity contribution >= 4 is 34.8 Å². The van der Waals surface area contributed by atoms with Crippen LogP contribution in [0.1, 0.15) is 37.1 Å². The molecule has 0 aliphatic carbocycles. The molecule has 1 N–H and O–H groups in total. The van der Waals surface area contributed by atoms with Gasteiger partial charge in [0.25, 0.3) is 0 Å². The zero-order chi connectivity index (χ0) is 14.7. The molecule has 0 radical (unpaired) electrons. The van der Waals surface area contributed by atoms with Crippen LogP contribution in [0, 0.1) is 0 Å². The second-order valence-electron chi connectivity index (χ2n) is 5.16. The van der Waals surface area contributed by atoms with E-state index in [1.165, 1.54) is 24.1 Å². The monoisotopic (exact) mass is 323 g/mol. The van der Waals surface area contributed by atoms with E-state index in [1.54, 1.807) is 11.3 Å². The highest BCUT2D eigenvalue weighted by Crippen LogP contribution is 2.23. The lowest BCUT2D eigenvalue weighted by Crippen LogP contribution is -2.31. The first-order valence-corrected chi connectivity index (χ1v) is 8.44. The van der Waals surface area contributed by atoms with Gasteiger partial charge in [-0.2, -0.15) is 15.0 Å². The minimum Gasteiger partial charge on any atom is -0.347 e. The zero-order valence-electron chi connectivity index (χ0n) is 11.9. The number of rotatable bonds is 4. The topological polar surface area (TPSA) is 53.9 Å². The molecule has 0 spiro atoms. The highest BCUT2D eigenvalue weighted by Gasteiger charge is 2.16. The molecule has 3 heterocycles. The fraction of sp³-hybridized carbons (Fsp3) is 0.500. The molecule has 0 amide bonds. The zero-order valence-corrected chi connectivity index (χ0v) is 13.5. The summed E-state index contributed by atoms with van der Waals surface area (Å²) in [6.07, 6.45) is 3.63. The number of aromatic nitrogens is 3. The maximum atomic E-state index is 6.05. The molecule has 0 bridgehead atoms. The van der Waals surface area contributed by atoms with Gasteiger partial charge in [0.05, 0.1) is 6.04 Å². The van der Waals surface area contributed by atoms with E-state index in [4.69, 9.17) is 11.6 Å². The number of halogens is 1. The van der Waals surface area contributed by atoms with Crippen LogP contribution in [0.2, 0.25) is 5.28 Å². The highest BCUT2D eigenvalue weighted by atomic mass is 35.5. The normalized spacial score (nSPS) is 16.8. The number of nitrogens with one attached hydrogen (secondary N) is 1. The Balaban J connectivity index is 1.77. The molecule has 0 saturated carbocycles. The molecular formula is C14H18ClN5S. The second-order valence-corrected chi connectivity index (χ2v) is 6.47. The Morgan fingerprint density at radius 2 is 2.05 bits per heavy atom. The predicted octanol–water partition coefficient (Wildman–Crippen LogP) is 3.75. The summed E-state index contributed by atoms with van der Waals surface area (Å²) in [6, 6.07) is 4.28. The molecule has 0 aromatic carbocycles. The lowest BCUT2D eigenvalue weighted by atomic mass is 10.1. The number of hydrogen-bond donors (Lipinski definition) is 1. The van der Waals surface area contributed by atoms with E-state index in [0.29, 0.717) is 11.9 Å². The maximum absolute atomic E-state index is 6.05. The van der Waals surface area contributed by atoms with E-state index in [2.05, 4.69) is 43.5 Å². The van der Waals surface area contributed by atoms with Crippen molar-refractivity contribution in [3.05, 3.63) is 27.7 Å². The van der Waals surface area contributed by atoms with Gasteiger partial charge in [0.2, 0.25) is 17.2 Å². The SMILES string of the molecule is CC(Nc1nc(Cl)nc(N2CCCCC2)n1)c1cccs1.